The summed E-state index contributed by atoms with van der Waals surface area (Å²) in [4.78, 5) is 27.2. The lowest BCUT2D eigenvalue weighted by atomic mass is 10.00. The van der Waals surface area contributed by atoms with E-state index in [9.17, 15) is 4.79 Å². The maximum atomic E-state index is 13.7. The number of pyridine rings is 2. The van der Waals surface area contributed by atoms with Crippen molar-refractivity contribution in [3.63, 3.8) is 0 Å². The van der Waals surface area contributed by atoms with E-state index in [1.807, 2.05) is 47.4 Å². The highest BCUT2D eigenvalue weighted by Crippen LogP contribution is 2.27. The van der Waals surface area contributed by atoms with Gasteiger partial charge in [-0.3, -0.25) is 14.7 Å². The number of hydrogen-bond acceptors (Lipinski definition) is 5. The maximum Gasteiger partial charge on any atom is 0.254 e. The van der Waals surface area contributed by atoms with Crippen LogP contribution < -0.4 is 0 Å². The number of ether oxygens (including phenoxy) is 1. The predicted octanol–water partition coefficient (Wildman–Crippen LogP) is 3.23. The molecule has 6 nitrogen and oxygen atoms in total. The molecule has 0 saturated carbocycles. The van der Waals surface area contributed by atoms with Crippen molar-refractivity contribution in [2.75, 3.05) is 39.4 Å². The zero-order valence-corrected chi connectivity index (χ0v) is 17.0. The highest BCUT2D eigenvalue weighted by Gasteiger charge is 2.30. The van der Waals surface area contributed by atoms with Crippen molar-refractivity contribution in [3.05, 3.63) is 60.4 Å². The number of carbonyl (C=O) groups excluding carboxylic acids is 1. The number of hydrogen-bond donors (Lipinski definition) is 0. The first-order chi connectivity index (χ1) is 14.8. The van der Waals surface area contributed by atoms with Crippen LogP contribution in [0, 0.1) is 0 Å². The van der Waals surface area contributed by atoms with Crippen molar-refractivity contribution in [1.29, 1.82) is 0 Å². The van der Waals surface area contributed by atoms with E-state index in [0.717, 1.165) is 80.0 Å². The van der Waals surface area contributed by atoms with Gasteiger partial charge in [0, 0.05) is 55.6 Å². The van der Waals surface area contributed by atoms with Gasteiger partial charge in [-0.25, -0.2) is 4.98 Å². The van der Waals surface area contributed by atoms with Crippen LogP contribution in [0.25, 0.3) is 22.2 Å². The van der Waals surface area contributed by atoms with Gasteiger partial charge in [0.05, 0.1) is 30.0 Å². The van der Waals surface area contributed by atoms with Gasteiger partial charge in [0.25, 0.3) is 5.91 Å². The Kier molecular flexibility index (Phi) is 5.43. The van der Waals surface area contributed by atoms with E-state index in [0.29, 0.717) is 6.04 Å². The molecule has 0 radical (unpaired) electrons. The molecule has 1 atom stereocenters. The van der Waals surface area contributed by atoms with Gasteiger partial charge in [-0.15, -0.1) is 0 Å². The topological polar surface area (TPSA) is 58.6 Å². The molecule has 2 fully saturated rings. The summed E-state index contributed by atoms with van der Waals surface area (Å²) in [5.74, 6) is 0.0942. The van der Waals surface area contributed by atoms with Crippen molar-refractivity contribution in [1.82, 2.24) is 19.8 Å². The molecule has 5 rings (SSSR count). The number of nitrogens with zero attached hydrogens (tertiary/aromatic N) is 4. The molecule has 0 spiro atoms. The van der Waals surface area contributed by atoms with Gasteiger partial charge in [-0.2, -0.15) is 0 Å². The average Bonchev–Trinajstić information content (AvgIpc) is 2.84. The van der Waals surface area contributed by atoms with E-state index < -0.39 is 0 Å². The third kappa shape index (κ3) is 3.80. The van der Waals surface area contributed by atoms with Gasteiger partial charge in [0.1, 0.15) is 0 Å². The summed E-state index contributed by atoms with van der Waals surface area (Å²) < 4.78 is 5.50. The van der Waals surface area contributed by atoms with Crippen molar-refractivity contribution in [2.24, 2.45) is 0 Å². The lowest BCUT2D eigenvalue weighted by molar-refractivity contribution is -0.00117. The second-order valence-corrected chi connectivity index (χ2v) is 8.01. The van der Waals surface area contributed by atoms with E-state index in [1.54, 1.807) is 12.4 Å². The summed E-state index contributed by atoms with van der Waals surface area (Å²) in [7, 11) is 0. The number of piperidine rings is 1. The Morgan fingerprint density at radius 2 is 1.93 bits per heavy atom. The third-order valence-electron chi connectivity index (χ3n) is 6.15. The van der Waals surface area contributed by atoms with Crippen LogP contribution in [0.15, 0.2) is 54.9 Å². The van der Waals surface area contributed by atoms with Crippen LogP contribution in [0.1, 0.15) is 23.2 Å². The minimum absolute atomic E-state index is 0.0942. The molecule has 0 aliphatic carbocycles. The summed E-state index contributed by atoms with van der Waals surface area (Å²) >= 11 is 0. The zero-order valence-electron chi connectivity index (χ0n) is 17.0. The molecule has 0 N–H and O–H groups in total. The monoisotopic (exact) mass is 402 g/mol. The molecule has 1 unspecified atom stereocenters. The van der Waals surface area contributed by atoms with Gasteiger partial charge >= 0.3 is 0 Å². The first kappa shape index (κ1) is 19.2. The molecule has 4 heterocycles. The minimum atomic E-state index is 0.0942. The summed E-state index contributed by atoms with van der Waals surface area (Å²) in [6.07, 6.45) is 5.71. The number of likely N-dealkylation sites (tertiary alicyclic amines) is 1. The van der Waals surface area contributed by atoms with E-state index in [-0.39, 0.29) is 5.91 Å². The Hall–Kier alpha value is -2.83. The third-order valence-corrected chi connectivity index (χ3v) is 6.15. The fourth-order valence-electron chi connectivity index (χ4n) is 4.56. The first-order valence-electron chi connectivity index (χ1n) is 10.7. The van der Waals surface area contributed by atoms with Crippen LogP contribution in [0.2, 0.25) is 0 Å². The first-order valence-corrected chi connectivity index (χ1v) is 10.7. The number of benzene rings is 1. The van der Waals surface area contributed by atoms with Crippen LogP contribution in [-0.2, 0) is 4.74 Å². The Balaban J connectivity index is 1.48. The summed E-state index contributed by atoms with van der Waals surface area (Å²) in [6.45, 7) is 5.06. The van der Waals surface area contributed by atoms with Crippen LogP contribution in [0.4, 0.5) is 0 Å². The van der Waals surface area contributed by atoms with Crippen molar-refractivity contribution in [2.45, 2.75) is 18.9 Å². The summed E-state index contributed by atoms with van der Waals surface area (Å²) in [5.41, 5.74) is 3.26. The number of rotatable bonds is 3. The normalized spacial score (nSPS) is 20.4. The average molecular weight is 402 g/mol. The fraction of sp³-hybridized carbons (Fsp3) is 0.375. The van der Waals surface area contributed by atoms with E-state index >= 15 is 0 Å². The van der Waals surface area contributed by atoms with Crippen molar-refractivity contribution < 1.29 is 9.53 Å². The molecule has 154 valence electrons. The molecule has 2 saturated heterocycles. The number of aromatic nitrogens is 2. The number of amides is 1. The number of carbonyl (C=O) groups is 1. The van der Waals surface area contributed by atoms with Gasteiger partial charge < -0.3 is 9.64 Å². The molecule has 0 bridgehead atoms. The lowest BCUT2D eigenvalue weighted by Crippen LogP contribution is -2.52. The Labute approximate surface area is 176 Å². The van der Waals surface area contributed by atoms with E-state index in [1.165, 1.54) is 0 Å². The molecule has 1 aromatic carbocycles. The summed E-state index contributed by atoms with van der Waals surface area (Å²) in [6, 6.07) is 14.1. The molecule has 3 aromatic rings. The molecule has 2 aliphatic rings. The lowest BCUT2D eigenvalue weighted by Gasteiger charge is -2.41. The van der Waals surface area contributed by atoms with Gasteiger partial charge in [-0.1, -0.05) is 18.2 Å². The van der Waals surface area contributed by atoms with Crippen molar-refractivity contribution >= 4 is 16.8 Å². The molecule has 30 heavy (non-hydrogen) atoms. The van der Waals surface area contributed by atoms with Crippen LogP contribution in [0.3, 0.4) is 0 Å². The smallest absolute Gasteiger partial charge is 0.254 e. The van der Waals surface area contributed by atoms with Gasteiger partial charge in [-0.05, 0) is 37.1 Å². The number of fused-ring (bicyclic) bond motifs is 1. The molecule has 2 aliphatic heterocycles. The molecule has 6 heteroatoms. The maximum absolute atomic E-state index is 13.7. The van der Waals surface area contributed by atoms with E-state index in [4.69, 9.17) is 9.72 Å². The Morgan fingerprint density at radius 1 is 1.07 bits per heavy atom. The second-order valence-electron chi connectivity index (χ2n) is 8.01. The highest BCUT2D eigenvalue weighted by atomic mass is 16.5. The van der Waals surface area contributed by atoms with Crippen LogP contribution in [0.5, 0.6) is 0 Å². The predicted molar refractivity (Wildman–Crippen MR) is 116 cm³/mol. The number of morpholine rings is 1. The second kappa shape index (κ2) is 8.50. The standard InChI is InChI=1S/C24H26N4O2/c29-24(28-10-4-6-19(17-28)27-11-13-30-14-12-27)21-15-23(18-5-3-9-25-16-18)26-22-8-2-1-7-20(21)22/h1-3,5,7-9,15-16,19H,4,6,10-14,17H2. The largest absolute Gasteiger partial charge is 0.379 e. The van der Waals surface area contributed by atoms with Crippen LogP contribution >= 0.6 is 0 Å². The Morgan fingerprint density at radius 3 is 2.77 bits per heavy atom. The fourth-order valence-corrected chi connectivity index (χ4v) is 4.56. The highest BCUT2D eigenvalue weighted by molar-refractivity contribution is 6.07. The molecular formula is C24H26N4O2. The quantitative estimate of drug-likeness (QED) is 0.673. The molecular weight excluding hydrogens is 376 g/mol. The molecule has 2 aromatic heterocycles. The van der Waals surface area contributed by atoms with Crippen molar-refractivity contribution in [3.8, 4) is 11.3 Å². The molecule has 1 amide bonds. The van der Waals surface area contributed by atoms with Gasteiger partial charge in [0.2, 0.25) is 0 Å². The number of para-hydroxylation sites is 1. The SMILES string of the molecule is O=C(c1cc(-c2cccnc2)nc2ccccc12)N1CCCC(N2CCOCC2)C1. The van der Waals surface area contributed by atoms with Crippen LogP contribution in [-0.4, -0.2) is 71.1 Å². The Bertz CT molecular complexity index is 1030. The summed E-state index contributed by atoms with van der Waals surface area (Å²) in [5, 5.41) is 0.906. The van der Waals surface area contributed by atoms with E-state index in [2.05, 4.69) is 9.88 Å². The minimum Gasteiger partial charge on any atom is -0.379 e. The van der Waals surface area contributed by atoms with Gasteiger partial charge in [0.15, 0.2) is 0 Å². The zero-order chi connectivity index (χ0) is 20.3.